The molecule has 2 rings (SSSR count). The van der Waals surface area contributed by atoms with Crippen LogP contribution in [0.15, 0.2) is 36.4 Å². The van der Waals surface area contributed by atoms with Crippen LogP contribution in [0.5, 0.6) is 0 Å². The van der Waals surface area contributed by atoms with Crippen LogP contribution in [-0.2, 0) is 0 Å². The summed E-state index contributed by atoms with van der Waals surface area (Å²) in [5, 5.41) is 9.92. The molecule has 0 bridgehead atoms. The largest absolute Gasteiger partial charge is 0.383 e. The van der Waals surface area contributed by atoms with Gasteiger partial charge in [0, 0.05) is 11.1 Å². The van der Waals surface area contributed by atoms with Crippen molar-refractivity contribution in [2.24, 2.45) is 0 Å². The predicted octanol–water partition coefficient (Wildman–Crippen LogP) is 3.49. The third-order valence-electron chi connectivity index (χ3n) is 2.77. The zero-order valence-corrected chi connectivity index (χ0v) is 9.62. The molecule has 1 unspecified atom stereocenters. The molecule has 1 nitrogen and oxygen atoms in total. The van der Waals surface area contributed by atoms with Crippen LogP contribution in [0.4, 0.5) is 13.2 Å². The zero-order valence-electron chi connectivity index (χ0n) is 9.62. The molecule has 0 fully saturated rings. The molecule has 1 N–H and O–H groups in total. The summed E-state index contributed by atoms with van der Waals surface area (Å²) in [7, 11) is 0. The van der Waals surface area contributed by atoms with E-state index in [2.05, 4.69) is 0 Å². The average Bonchev–Trinajstić information content (AvgIpc) is 2.33. The van der Waals surface area contributed by atoms with E-state index in [-0.39, 0.29) is 16.7 Å². The summed E-state index contributed by atoms with van der Waals surface area (Å²) in [5.74, 6) is -2.06. The molecule has 2 aromatic rings. The van der Waals surface area contributed by atoms with Crippen molar-refractivity contribution in [3.8, 4) is 0 Å². The van der Waals surface area contributed by atoms with E-state index in [9.17, 15) is 18.3 Å². The number of rotatable bonds is 2. The lowest BCUT2D eigenvalue weighted by Gasteiger charge is -2.14. The second-order valence-corrected chi connectivity index (χ2v) is 4.05. The highest BCUT2D eigenvalue weighted by Crippen LogP contribution is 2.27. The number of hydrogen-bond acceptors (Lipinski definition) is 1. The molecule has 0 heterocycles. The SMILES string of the molecule is Cc1cc(F)c(C(O)c2ccccc2F)cc1F. The monoisotopic (exact) mass is 252 g/mol. The third kappa shape index (κ3) is 2.24. The van der Waals surface area contributed by atoms with E-state index in [1.54, 1.807) is 0 Å². The van der Waals surface area contributed by atoms with Crippen molar-refractivity contribution in [2.75, 3.05) is 0 Å². The van der Waals surface area contributed by atoms with Crippen molar-refractivity contribution < 1.29 is 18.3 Å². The zero-order chi connectivity index (χ0) is 13.3. The summed E-state index contributed by atoms with van der Waals surface area (Å²) in [5.41, 5.74) is -0.222. The first-order valence-electron chi connectivity index (χ1n) is 5.38. The average molecular weight is 252 g/mol. The van der Waals surface area contributed by atoms with E-state index in [1.165, 1.54) is 25.1 Å². The molecule has 0 aliphatic heterocycles. The number of aliphatic hydroxyl groups excluding tert-OH is 1. The molecule has 0 aromatic heterocycles. The van der Waals surface area contributed by atoms with E-state index in [4.69, 9.17) is 0 Å². The van der Waals surface area contributed by atoms with Crippen LogP contribution in [0.2, 0.25) is 0 Å². The van der Waals surface area contributed by atoms with E-state index in [1.807, 2.05) is 0 Å². The molecule has 0 spiro atoms. The first-order valence-corrected chi connectivity index (χ1v) is 5.38. The Morgan fingerprint density at radius 3 is 2.22 bits per heavy atom. The lowest BCUT2D eigenvalue weighted by atomic mass is 9.99. The van der Waals surface area contributed by atoms with Crippen molar-refractivity contribution >= 4 is 0 Å². The highest BCUT2D eigenvalue weighted by molar-refractivity contribution is 5.34. The minimum Gasteiger partial charge on any atom is -0.383 e. The maximum absolute atomic E-state index is 13.6. The maximum atomic E-state index is 13.6. The lowest BCUT2D eigenvalue weighted by Crippen LogP contribution is -2.06. The first kappa shape index (κ1) is 12.6. The Labute approximate surface area is 103 Å². The van der Waals surface area contributed by atoms with Gasteiger partial charge in [-0.15, -0.1) is 0 Å². The normalized spacial score (nSPS) is 12.5. The molecule has 0 aliphatic rings. The summed E-state index contributed by atoms with van der Waals surface area (Å²) >= 11 is 0. The van der Waals surface area contributed by atoms with Crippen LogP contribution < -0.4 is 0 Å². The van der Waals surface area contributed by atoms with Gasteiger partial charge < -0.3 is 5.11 Å². The molecule has 0 radical (unpaired) electrons. The van der Waals surface area contributed by atoms with Crippen LogP contribution in [0, 0.1) is 24.4 Å². The molecule has 0 aliphatic carbocycles. The Hall–Kier alpha value is -1.81. The van der Waals surface area contributed by atoms with Gasteiger partial charge in [-0.25, -0.2) is 13.2 Å². The Balaban J connectivity index is 2.50. The minimum atomic E-state index is -1.53. The standard InChI is InChI=1S/C14H11F3O/c1-8-6-13(17)10(7-12(8)16)14(18)9-4-2-3-5-11(9)15/h2-7,14,18H,1H3. The fraction of sp³-hybridized carbons (Fsp3) is 0.143. The van der Waals surface area contributed by atoms with Crippen molar-refractivity contribution in [2.45, 2.75) is 13.0 Å². The highest BCUT2D eigenvalue weighted by Gasteiger charge is 2.19. The molecule has 0 saturated heterocycles. The Morgan fingerprint density at radius 1 is 0.889 bits per heavy atom. The van der Waals surface area contributed by atoms with Crippen LogP contribution >= 0.6 is 0 Å². The van der Waals surface area contributed by atoms with Gasteiger partial charge in [0.05, 0.1) is 0 Å². The predicted molar refractivity (Wildman–Crippen MR) is 61.6 cm³/mol. The summed E-state index contributed by atoms with van der Waals surface area (Å²) in [6.45, 7) is 1.41. The minimum absolute atomic E-state index is 0.0837. The van der Waals surface area contributed by atoms with Crippen molar-refractivity contribution in [1.82, 2.24) is 0 Å². The Bertz CT molecular complexity index is 581. The molecule has 4 heteroatoms. The first-order chi connectivity index (χ1) is 8.50. The maximum Gasteiger partial charge on any atom is 0.129 e. The third-order valence-corrected chi connectivity index (χ3v) is 2.77. The Kier molecular flexibility index (Phi) is 3.39. The van der Waals surface area contributed by atoms with E-state index < -0.39 is 23.6 Å². The molecule has 18 heavy (non-hydrogen) atoms. The van der Waals surface area contributed by atoms with Gasteiger partial charge in [0.15, 0.2) is 0 Å². The van der Waals surface area contributed by atoms with Gasteiger partial charge >= 0.3 is 0 Å². The number of benzene rings is 2. The quantitative estimate of drug-likeness (QED) is 0.867. The van der Waals surface area contributed by atoms with Gasteiger partial charge in [-0.05, 0) is 30.7 Å². The fourth-order valence-corrected chi connectivity index (χ4v) is 1.74. The summed E-state index contributed by atoms with van der Waals surface area (Å²) in [6, 6.07) is 7.33. The molecular formula is C14H11F3O. The van der Waals surface area contributed by atoms with Gasteiger partial charge in [0.2, 0.25) is 0 Å². The van der Waals surface area contributed by atoms with Gasteiger partial charge in [0.1, 0.15) is 23.6 Å². The summed E-state index contributed by atoms with van der Waals surface area (Å²) in [4.78, 5) is 0. The van der Waals surface area contributed by atoms with Crippen LogP contribution in [0.3, 0.4) is 0 Å². The fourth-order valence-electron chi connectivity index (χ4n) is 1.74. The van der Waals surface area contributed by atoms with Crippen LogP contribution in [-0.4, -0.2) is 5.11 Å². The summed E-state index contributed by atoms with van der Waals surface area (Å²) < 4.78 is 40.5. The molecule has 0 amide bonds. The van der Waals surface area contributed by atoms with Crippen molar-refractivity contribution in [3.05, 3.63) is 70.5 Å². The molecule has 1 atom stereocenters. The number of aliphatic hydroxyl groups is 1. The number of aryl methyl sites for hydroxylation is 1. The van der Waals surface area contributed by atoms with Crippen LogP contribution in [0.25, 0.3) is 0 Å². The van der Waals surface area contributed by atoms with E-state index in [0.29, 0.717) is 0 Å². The van der Waals surface area contributed by atoms with Gasteiger partial charge in [-0.2, -0.15) is 0 Å². The smallest absolute Gasteiger partial charge is 0.129 e. The molecule has 2 aromatic carbocycles. The van der Waals surface area contributed by atoms with E-state index in [0.717, 1.165) is 18.2 Å². The number of halogens is 3. The van der Waals surface area contributed by atoms with Gasteiger partial charge in [-0.1, -0.05) is 18.2 Å². The van der Waals surface area contributed by atoms with Crippen molar-refractivity contribution in [3.63, 3.8) is 0 Å². The van der Waals surface area contributed by atoms with Crippen molar-refractivity contribution in [1.29, 1.82) is 0 Å². The highest BCUT2D eigenvalue weighted by atomic mass is 19.1. The van der Waals surface area contributed by atoms with Gasteiger partial charge in [0.25, 0.3) is 0 Å². The molecular weight excluding hydrogens is 241 g/mol. The second-order valence-electron chi connectivity index (χ2n) is 4.05. The lowest BCUT2D eigenvalue weighted by molar-refractivity contribution is 0.209. The molecule has 94 valence electrons. The molecule has 0 saturated carbocycles. The van der Waals surface area contributed by atoms with Gasteiger partial charge in [-0.3, -0.25) is 0 Å². The van der Waals surface area contributed by atoms with E-state index >= 15 is 0 Å². The van der Waals surface area contributed by atoms with Crippen LogP contribution in [0.1, 0.15) is 22.8 Å². The topological polar surface area (TPSA) is 20.2 Å². The number of hydrogen-bond donors (Lipinski definition) is 1. The summed E-state index contributed by atoms with van der Waals surface area (Å²) in [6.07, 6.45) is -1.53. The Morgan fingerprint density at radius 2 is 1.56 bits per heavy atom. The second kappa shape index (κ2) is 4.82.